The molecule has 4 heteroatoms. The molecule has 3 rings (SSSR count). The van der Waals surface area contributed by atoms with Crippen LogP contribution in [0.15, 0.2) is 42.7 Å². The van der Waals surface area contributed by atoms with Gasteiger partial charge < -0.3 is 5.32 Å². The quantitative estimate of drug-likeness (QED) is 0.921. The van der Waals surface area contributed by atoms with Crippen LogP contribution < -0.4 is 5.32 Å². The highest BCUT2D eigenvalue weighted by Gasteiger charge is 2.25. The number of piperazine rings is 1. The van der Waals surface area contributed by atoms with Crippen LogP contribution in [0.5, 0.6) is 0 Å². The molecule has 0 spiro atoms. The Morgan fingerprint density at radius 3 is 2.50 bits per heavy atom. The third-order valence-corrected chi connectivity index (χ3v) is 3.70. The Bertz CT molecular complexity index is 532. The summed E-state index contributed by atoms with van der Waals surface area (Å²) in [6.45, 7) is 6.16. The number of aryl methyl sites for hydroxylation is 1. The third-order valence-electron chi connectivity index (χ3n) is 3.70. The van der Waals surface area contributed by atoms with Gasteiger partial charge in [-0.25, -0.2) is 0 Å². The molecular weight excluding hydrogens is 248 g/mol. The van der Waals surface area contributed by atoms with E-state index in [4.69, 9.17) is 0 Å². The van der Waals surface area contributed by atoms with Crippen molar-refractivity contribution in [3.05, 3.63) is 59.7 Å². The summed E-state index contributed by atoms with van der Waals surface area (Å²) in [5.74, 6) is 0. The lowest BCUT2D eigenvalue weighted by Gasteiger charge is -2.34. The molecule has 1 unspecified atom stereocenters. The van der Waals surface area contributed by atoms with Crippen molar-refractivity contribution in [3.8, 4) is 0 Å². The Morgan fingerprint density at radius 2 is 1.85 bits per heavy atom. The molecule has 0 bridgehead atoms. The molecule has 0 amide bonds. The molecule has 0 radical (unpaired) electrons. The molecular formula is C16H20N4. The number of pyridine rings is 2. The van der Waals surface area contributed by atoms with E-state index < -0.39 is 0 Å². The third kappa shape index (κ3) is 2.86. The molecule has 20 heavy (non-hydrogen) atoms. The molecule has 1 atom stereocenters. The summed E-state index contributed by atoms with van der Waals surface area (Å²) in [7, 11) is 0. The van der Waals surface area contributed by atoms with Crippen molar-refractivity contribution >= 4 is 0 Å². The van der Waals surface area contributed by atoms with E-state index in [1.54, 1.807) is 0 Å². The molecule has 2 aromatic rings. The smallest absolute Gasteiger partial charge is 0.0950 e. The predicted octanol–water partition coefficient (Wildman–Crippen LogP) is 1.78. The fraction of sp³-hybridized carbons (Fsp3) is 0.375. The molecule has 104 valence electrons. The molecule has 2 aromatic heterocycles. The van der Waals surface area contributed by atoms with Gasteiger partial charge in [0.2, 0.25) is 0 Å². The SMILES string of the molecule is Cc1ccc(C(c2ccccn2)N2CCNCC2)nc1. The largest absolute Gasteiger partial charge is 0.314 e. The minimum Gasteiger partial charge on any atom is -0.314 e. The van der Waals surface area contributed by atoms with Crippen molar-refractivity contribution in [1.82, 2.24) is 20.2 Å². The lowest BCUT2D eigenvalue weighted by Crippen LogP contribution is -2.45. The summed E-state index contributed by atoms with van der Waals surface area (Å²) in [4.78, 5) is 11.6. The minimum atomic E-state index is 0.152. The number of rotatable bonds is 3. The van der Waals surface area contributed by atoms with E-state index in [0.717, 1.165) is 37.6 Å². The highest BCUT2D eigenvalue weighted by molar-refractivity contribution is 5.24. The first-order valence-electron chi connectivity index (χ1n) is 7.13. The second-order valence-corrected chi connectivity index (χ2v) is 5.20. The Labute approximate surface area is 119 Å². The van der Waals surface area contributed by atoms with Gasteiger partial charge in [-0.1, -0.05) is 12.1 Å². The molecule has 1 N–H and O–H groups in total. The van der Waals surface area contributed by atoms with Crippen LogP contribution in [0, 0.1) is 6.92 Å². The topological polar surface area (TPSA) is 41.1 Å². The van der Waals surface area contributed by atoms with Crippen molar-refractivity contribution in [2.45, 2.75) is 13.0 Å². The van der Waals surface area contributed by atoms with Gasteiger partial charge in [-0.05, 0) is 30.7 Å². The molecule has 0 saturated carbocycles. The number of aromatic nitrogens is 2. The van der Waals surface area contributed by atoms with Gasteiger partial charge >= 0.3 is 0 Å². The van der Waals surface area contributed by atoms with Crippen LogP contribution >= 0.6 is 0 Å². The maximum Gasteiger partial charge on any atom is 0.0950 e. The van der Waals surface area contributed by atoms with E-state index in [0.29, 0.717) is 0 Å². The fourth-order valence-electron chi connectivity index (χ4n) is 2.64. The van der Waals surface area contributed by atoms with Crippen molar-refractivity contribution in [2.75, 3.05) is 26.2 Å². The van der Waals surface area contributed by atoms with E-state index in [1.165, 1.54) is 5.56 Å². The Kier molecular flexibility index (Phi) is 4.04. The number of hydrogen-bond acceptors (Lipinski definition) is 4. The maximum atomic E-state index is 4.63. The average molecular weight is 268 g/mol. The Morgan fingerprint density at radius 1 is 1.05 bits per heavy atom. The van der Waals surface area contributed by atoms with E-state index >= 15 is 0 Å². The van der Waals surface area contributed by atoms with Crippen molar-refractivity contribution in [1.29, 1.82) is 0 Å². The average Bonchev–Trinajstić information content (AvgIpc) is 2.52. The van der Waals surface area contributed by atoms with Gasteiger partial charge in [-0.2, -0.15) is 0 Å². The van der Waals surface area contributed by atoms with Crippen molar-refractivity contribution in [3.63, 3.8) is 0 Å². The van der Waals surface area contributed by atoms with Gasteiger partial charge in [0.05, 0.1) is 17.4 Å². The van der Waals surface area contributed by atoms with E-state index in [-0.39, 0.29) is 6.04 Å². The summed E-state index contributed by atoms with van der Waals surface area (Å²) in [6.07, 6.45) is 3.80. The molecule has 1 fully saturated rings. The van der Waals surface area contributed by atoms with Gasteiger partial charge in [0.1, 0.15) is 0 Å². The van der Waals surface area contributed by atoms with Gasteiger partial charge in [-0.3, -0.25) is 14.9 Å². The van der Waals surface area contributed by atoms with Gasteiger partial charge in [0.25, 0.3) is 0 Å². The fourth-order valence-corrected chi connectivity index (χ4v) is 2.64. The molecule has 1 aliphatic rings. The predicted molar refractivity (Wildman–Crippen MR) is 79.5 cm³/mol. The zero-order valence-corrected chi connectivity index (χ0v) is 11.8. The molecule has 4 nitrogen and oxygen atoms in total. The van der Waals surface area contributed by atoms with Crippen molar-refractivity contribution in [2.24, 2.45) is 0 Å². The minimum absolute atomic E-state index is 0.152. The normalized spacial score (nSPS) is 17.9. The lowest BCUT2D eigenvalue weighted by molar-refractivity contribution is 0.192. The maximum absolute atomic E-state index is 4.63. The second kappa shape index (κ2) is 6.11. The van der Waals surface area contributed by atoms with Gasteiger partial charge in [0, 0.05) is 38.6 Å². The van der Waals surface area contributed by atoms with Crippen LogP contribution in [-0.2, 0) is 0 Å². The first-order valence-corrected chi connectivity index (χ1v) is 7.13. The Balaban J connectivity index is 1.96. The first-order chi connectivity index (χ1) is 9.84. The molecule has 0 aliphatic carbocycles. The Hall–Kier alpha value is -1.78. The highest BCUT2D eigenvalue weighted by Crippen LogP contribution is 2.25. The molecule has 1 saturated heterocycles. The molecule has 3 heterocycles. The monoisotopic (exact) mass is 268 g/mol. The summed E-state index contributed by atoms with van der Waals surface area (Å²) in [5.41, 5.74) is 3.34. The van der Waals surface area contributed by atoms with Crippen LogP contribution in [0.1, 0.15) is 23.0 Å². The van der Waals surface area contributed by atoms with Crippen LogP contribution in [0.2, 0.25) is 0 Å². The summed E-state index contributed by atoms with van der Waals surface area (Å²) in [6, 6.07) is 10.5. The number of hydrogen-bond donors (Lipinski definition) is 1. The highest BCUT2D eigenvalue weighted by atomic mass is 15.2. The standard InChI is InChI=1S/C16H20N4/c1-13-5-6-15(19-12-13)16(14-4-2-3-7-18-14)20-10-8-17-9-11-20/h2-7,12,16-17H,8-11H2,1H3. The van der Waals surface area contributed by atoms with Crippen LogP contribution in [0.4, 0.5) is 0 Å². The van der Waals surface area contributed by atoms with E-state index in [2.05, 4.69) is 45.3 Å². The van der Waals surface area contributed by atoms with Crippen LogP contribution in [0.25, 0.3) is 0 Å². The van der Waals surface area contributed by atoms with E-state index in [9.17, 15) is 0 Å². The summed E-state index contributed by atoms with van der Waals surface area (Å²) < 4.78 is 0. The van der Waals surface area contributed by atoms with Gasteiger partial charge in [0.15, 0.2) is 0 Å². The zero-order chi connectivity index (χ0) is 13.8. The zero-order valence-electron chi connectivity index (χ0n) is 11.8. The summed E-state index contributed by atoms with van der Waals surface area (Å²) >= 11 is 0. The van der Waals surface area contributed by atoms with Crippen LogP contribution in [0.3, 0.4) is 0 Å². The number of nitrogens with one attached hydrogen (secondary N) is 1. The molecule has 0 aromatic carbocycles. The molecule has 1 aliphatic heterocycles. The van der Waals surface area contributed by atoms with E-state index in [1.807, 2.05) is 24.5 Å². The first kappa shape index (κ1) is 13.2. The second-order valence-electron chi connectivity index (χ2n) is 5.20. The number of nitrogens with zero attached hydrogens (tertiary/aromatic N) is 3. The lowest BCUT2D eigenvalue weighted by atomic mass is 10.0. The summed E-state index contributed by atoms with van der Waals surface area (Å²) in [5, 5.41) is 3.40. The van der Waals surface area contributed by atoms with Crippen molar-refractivity contribution < 1.29 is 0 Å². The van der Waals surface area contributed by atoms with Gasteiger partial charge in [-0.15, -0.1) is 0 Å². The van der Waals surface area contributed by atoms with Crippen LogP contribution in [-0.4, -0.2) is 41.0 Å².